The van der Waals surface area contributed by atoms with Gasteiger partial charge in [-0.15, -0.1) is 0 Å². The Kier molecular flexibility index (Phi) is 5.92. The van der Waals surface area contributed by atoms with Gasteiger partial charge in [0.25, 0.3) is 0 Å². The molecule has 6 nitrogen and oxygen atoms in total. The Balaban J connectivity index is 1.33. The molecule has 30 heavy (non-hydrogen) atoms. The summed E-state index contributed by atoms with van der Waals surface area (Å²) < 4.78 is 33.3. The summed E-state index contributed by atoms with van der Waals surface area (Å²) in [6.07, 6.45) is 1.71. The number of oxazole rings is 1. The van der Waals surface area contributed by atoms with Gasteiger partial charge in [0.1, 0.15) is 11.6 Å². The summed E-state index contributed by atoms with van der Waals surface area (Å²) in [5, 5.41) is 3.26. The van der Waals surface area contributed by atoms with Crippen molar-refractivity contribution in [2.24, 2.45) is 4.99 Å². The highest BCUT2D eigenvalue weighted by Gasteiger charge is 2.22. The molecule has 0 amide bonds. The van der Waals surface area contributed by atoms with Gasteiger partial charge in [-0.2, -0.15) is 0 Å². The van der Waals surface area contributed by atoms with Gasteiger partial charge < -0.3 is 19.5 Å². The molecule has 0 spiro atoms. The number of benzene rings is 2. The molecule has 1 fully saturated rings. The van der Waals surface area contributed by atoms with E-state index in [0.29, 0.717) is 56.0 Å². The number of nitrogens with zero attached hydrogens (tertiary/aromatic N) is 4. The monoisotopic (exact) mass is 411 g/mol. The molecule has 156 valence electrons. The van der Waals surface area contributed by atoms with Crippen LogP contribution in [0.4, 0.5) is 14.5 Å². The van der Waals surface area contributed by atoms with Crippen molar-refractivity contribution in [2.75, 3.05) is 38.1 Å². The topological polar surface area (TPSA) is 56.9 Å². The molecule has 1 aliphatic rings. The molecule has 0 saturated carbocycles. The zero-order valence-corrected chi connectivity index (χ0v) is 16.7. The van der Waals surface area contributed by atoms with Crippen LogP contribution in [0.2, 0.25) is 0 Å². The standard InChI is InChI=1S/C22H23F2N5O/c1-25-22(27-15-21-26-14-20(30-21)16-5-3-2-4-6-16)29-11-9-28(10-12-29)19-13-17(23)7-8-18(19)24/h2-8,13-14H,9-12,15H2,1H3,(H,25,27). The summed E-state index contributed by atoms with van der Waals surface area (Å²) in [5.41, 5.74) is 1.27. The second-order valence-corrected chi connectivity index (χ2v) is 6.95. The number of piperazine rings is 1. The molecular formula is C22H23F2N5O. The number of aliphatic imine (C=N–C) groups is 1. The summed E-state index contributed by atoms with van der Waals surface area (Å²) in [7, 11) is 1.71. The lowest BCUT2D eigenvalue weighted by Crippen LogP contribution is -2.52. The molecule has 1 N–H and O–H groups in total. The summed E-state index contributed by atoms with van der Waals surface area (Å²) in [4.78, 5) is 12.6. The highest BCUT2D eigenvalue weighted by Crippen LogP contribution is 2.22. The maximum absolute atomic E-state index is 14.0. The lowest BCUT2D eigenvalue weighted by Gasteiger charge is -2.37. The average Bonchev–Trinajstić information content (AvgIpc) is 3.26. The van der Waals surface area contributed by atoms with E-state index in [0.717, 1.165) is 17.7 Å². The fraction of sp³-hybridized carbons (Fsp3) is 0.273. The minimum atomic E-state index is -0.438. The Morgan fingerprint density at radius 2 is 1.87 bits per heavy atom. The Morgan fingerprint density at radius 3 is 2.60 bits per heavy atom. The first kappa shape index (κ1) is 19.9. The van der Waals surface area contributed by atoms with Crippen LogP contribution >= 0.6 is 0 Å². The minimum Gasteiger partial charge on any atom is -0.439 e. The van der Waals surface area contributed by atoms with Crippen LogP contribution in [0.25, 0.3) is 11.3 Å². The van der Waals surface area contributed by atoms with Crippen LogP contribution in [0.5, 0.6) is 0 Å². The second kappa shape index (κ2) is 8.94. The van der Waals surface area contributed by atoms with Crippen molar-refractivity contribution in [3.05, 3.63) is 72.3 Å². The Labute approximate surface area is 173 Å². The number of halogens is 2. The number of guanidine groups is 1. The van der Waals surface area contributed by atoms with Crippen LogP contribution in [-0.2, 0) is 6.54 Å². The molecular weight excluding hydrogens is 388 g/mol. The molecule has 8 heteroatoms. The molecule has 0 radical (unpaired) electrons. The van der Waals surface area contributed by atoms with Gasteiger partial charge in [0.05, 0.1) is 18.4 Å². The summed E-state index contributed by atoms with van der Waals surface area (Å²) >= 11 is 0. The SMILES string of the molecule is CN=C(NCc1ncc(-c2ccccc2)o1)N1CCN(c2cc(F)ccc2F)CC1. The zero-order chi connectivity index (χ0) is 20.9. The van der Waals surface area contributed by atoms with Crippen molar-refractivity contribution in [1.29, 1.82) is 0 Å². The maximum Gasteiger partial charge on any atom is 0.214 e. The minimum absolute atomic E-state index is 0.297. The first-order valence-corrected chi connectivity index (χ1v) is 9.80. The highest BCUT2D eigenvalue weighted by molar-refractivity contribution is 5.80. The third kappa shape index (κ3) is 4.42. The Bertz CT molecular complexity index is 1010. The fourth-order valence-corrected chi connectivity index (χ4v) is 3.50. The van der Waals surface area contributed by atoms with Gasteiger partial charge in [-0.25, -0.2) is 13.8 Å². The number of nitrogens with one attached hydrogen (secondary N) is 1. The molecule has 1 aliphatic heterocycles. The lowest BCUT2D eigenvalue weighted by atomic mass is 10.2. The number of hydrogen-bond donors (Lipinski definition) is 1. The molecule has 0 bridgehead atoms. The van der Waals surface area contributed by atoms with Gasteiger partial charge in [0, 0.05) is 44.9 Å². The molecule has 0 atom stereocenters. The van der Waals surface area contributed by atoms with Gasteiger partial charge in [-0.1, -0.05) is 30.3 Å². The average molecular weight is 411 g/mol. The second-order valence-electron chi connectivity index (χ2n) is 6.95. The third-order valence-electron chi connectivity index (χ3n) is 5.05. The summed E-state index contributed by atoms with van der Waals surface area (Å²) in [6, 6.07) is 13.3. The van der Waals surface area contributed by atoms with Crippen LogP contribution < -0.4 is 10.2 Å². The van der Waals surface area contributed by atoms with Gasteiger partial charge in [0.15, 0.2) is 11.7 Å². The van der Waals surface area contributed by atoms with Crippen molar-refractivity contribution in [1.82, 2.24) is 15.2 Å². The van der Waals surface area contributed by atoms with E-state index in [1.165, 1.54) is 6.07 Å². The van der Waals surface area contributed by atoms with E-state index in [9.17, 15) is 8.78 Å². The summed E-state index contributed by atoms with van der Waals surface area (Å²) in [6.45, 7) is 2.81. The van der Waals surface area contributed by atoms with Gasteiger partial charge >= 0.3 is 0 Å². The fourth-order valence-electron chi connectivity index (χ4n) is 3.50. The van der Waals surface area contributed by atoms with Crippen LogP contribution in [0.3, 0.4) is 0 Å². The van der Waals surface area contributed by atoms with Crippen molar-refractivity contribution < 1.29 is 13.2 Å². The van der Waals surface area contributed by atoms with E-state index < -0.39 is 11.6 Å². The number of rotatable bonds is 4. The van der Waals surface area contributed by atoms with Gasteiger partial charge in [-0.05, 0) is 12.1 Å². The first-order valence-electron chi connectivity index (χ1n) is 9.80. The van der Waals surface area contributed by atoms with Crippen LogP contribution in [0.15, 0.2) is 64.1 Å². The van der Waals surface area contributed by atoms with Gasteiger partial charge in [0.2, 0.25) is 5.89 Å². The quantitative estimate of drug-likeness (QED) is 0.526. The van der Waals surface area contributed by atoms with Crippen LogP contribution in [0.1, 0.15) is 5.89 Å². The normalized spacial score (nSPS) is 14.8. The van der Waals surface area contributed by atoms with Crippen molar-refractivity contribution in [2.45, 2.75) is 6.54 Å². The Morgan fingerprint density at radius 1 is 1.10 bits per heavy atom. The molecule has 2 heterocycles. The first-order chi connectivity index (χ1) is 14.6. The highest BCUT2D eigenvalue weighted by atomic mass is 19.1. The van der Waals surface area contributed by atoms with E-state index in [4.69, 9.17) is 4.42 Å². The largest absolute Gasteiger partial charge is 0.439 e. The molecule has 4 rings (SSSR count). The summed E-state index contributed by atoms with van der Waals surface area (Å²) in [5.74, 6) is 1.15. The smallest absolute Gasteiger partial charge is 0.214 e. The zero-order valence-electron chi connectivity index (χ0n) is 16.7. The number of anilines is 1. The third-order valence-corrected chi connectivity index (χ3v) is 5.05. The van der Waals surface area contributed by atoms with E-state index in [2.05, 4.69) is 20.2 Å². The molecule has 1 aromatic heterocycles. The van der Waals surface area contributed by atoms with E-state index in [1.54, 1.807) is 13.2 Å². The van der Waals surface area contributed by atoms with E-state index >= 15 is 0 Å². The predicted octanol–water partition coefficient (Wildman–Crippen LogP) is 3.52. The number of aromatic nitrogens is 1. The Hall–Kier alpha value is -3.42. The predicted molar refractivity (Wildman–Crippen MR) is 112 cm³/mol. The molecule has 0 aliphatic carbocycles. The van der Waals surface area contributed by atoms with Crippen LogP contribution in [-0.4, -0.2) is 49.1 Å². The van der Waals surface area contributed by atoms with Gasteiger partial charge in [-0.3, -0.25) is 4.99 Å². The van der Waals surface area contributed by atoms with Crippen molar-refractivity contribution in [3.8, 4) is 11.3 Å². The van der Waals surface area contributed by atoms with E-state index in [-0.39, 0.29) is 0 Å². The van der Waals surface area contributed by atoms with Crippen molar-refractivity contribution >= 4 is 11.6 Å². The molecule has 3 aromatic rings. The molecule has 1 saturated heterocycles. The molecule has 2 aromatic carbocycles. The van der Waals surface area contributed by atoms with Crippen molar-refractivity contribution in [3.63, 3.8) is 0 Å². The molecule has 0 unspecified atom stereocenters. The van der Waals surface area contributed by atoms with E-state index in [1.807, 2.05) is 35.2 Å². The number of hydrogen-bond acceptors (Lipinski definition) is 4. The maximum atomic E-state index is 14.0. The van der Waals surface area contributed by atoms with Crippen LogP contribution in [0, 0.1) is 11.6 Å². The lowest BCUT2D eigenvalue weighted by molar-refractivity contribution is 0.367.